The lowest BCUT2D eigenvalue weighted by Gasteiger charge is -2.02. The van der Waals surface area contributed by atoms with Crippen LogP contribution in [0, 0.1) is 20.8 Å². The Bertz CT molecular complexity index is 1000. The maximum absolute atomic E-state index is 12.2. The summed E-state index contributed by atoms with van der Waals surface area (Å²) in [6.45, 7) is 7.95. The molecule has 132 valence electrons. The van der Waals surface area contributed by atoms with E-state index in [1.807, 2.05) is 27.7 Å². The summed E-state index contributed by atoms with van der Waals surface area (Å²) in [6, 6.07) is 0. The SMILES string of the molecule is CCc1nc(NC(=O)CCc2nc3sc(C)c(C)c3c(=O)[nH]2)sc1C. The maximum Gasteiger partial charge on any atom is 0.259 e. The number of nitrogens with zero attached hydrogens (tertiary/aromatic N) is 2. The first-order chi connectivity index (χ1) is 11.9. The Morgan fingerprint density at radius 3 is 2.60 bits per heavy atom. The van der Waals surface area contributed by atoms with E-state index in [2.05, 4.69) is 20.3 Å². The molecule has 3 aromatic heterocycles. The van der Waals surface area contributed by atoms with E-state index in [1.165, 1.54) is 22.7 Å². The van der Waals surface area contributed by atoms with Crippen LogP contribution in [0.25, 0.3) is 10.2 Å². The van der Waals surface area contributed by atoms with Crippen LogP contribution in [-0.2, 0) is 17.6 Å². The van der Waals surface area contributed by atoms with Crippen LogP contribution in [0.5, 0.6) is 0 Å². The van der Waals surface area contributed by atoms with Gasteiger partial charge in [0.2, 0.25) is 5.91 Å². The molecule has 0 aliphatic heterocycles. The topological polar surface area (TPSA) is 87.7 Å². The number of amides is 1. The van der Waals surface area contributed by atoms with Crippen molar-refractivity contribution in [1.29, 1.82) is 0 Å². The van der Waals surface area contributed by atoms with Crippen molar-refractivity contribution in [3.05, 3.63) is 37.2 Å². The lowest BCUT2D eigenvalue weighted by molar-refractivity contribution is -0.116. The van der Waals surface area contributed by atoms with Gasteiger partial charge in [-0.3, -0.25) is 9.59 Å². The number of anilines is 1. The van der Waals surface area contributed by atoms with Gasteiger partial charge in [0.05, 0.1) is 11.1 Å². The number of hydrogen-bond donors (Lipinski definition) is 2. The molecule has 3 heterocycles. The molecule has 0 atom stereocenters. The predicted molar refractivity (Wildman–Crippen MR) is 103 cm³/mol. The van der Waals surface area contributed by atoms with Gasteiger partial charge >= 0.3 is 0 Å². The molecule has 8 heteroatoms. The van der Waals surface area contributed by atoms with Crippen molar-refractivity contribution in [3.8, 4) is 0 Å². The first-order valence-corrected chi connectivity index (χ1v) is 9.77. The summed E-state index contributed by atoms with van der Waals surface area (Å²) < 4.78 is 0. The largest absolute Gasteiger partial charge is 0.310 e. The van der Waals surface area contributed by atoms with Crippen LogP contribution in [0.1, 0.15) is 40.2 Å². The molecule has 0 aromatic carbocycles. The van der Waals surface area contributed by atoms with Crippen LogP contribution in [0.2, 0.25) is 0 Å². The van der Waals surface area contributed by atoms with Gasteiger partial charge in [0.15, 0.2) is 5.13 Å². The van der Waals surface area contributed by atoms with Gasteiger partial charge in [0, 0.05) is 22.6 Å². The highest BCUT2D eigenvalue weighted by molar-refractivity contribution is 7.18. The van der Waals surface area contributed by atoms with E-state index in [0.717, 1.165) is 32.3 Å². The molecule has 0 saturated carbocycles. The van der Waals surface area contributed by atoms with Crippen LogP contribution < -0.4 is 10.9 Å². The average molecular weight is 377 g/mol. The molecule has 3 aromatic rings. The molecule has 0 radical (unpaired) electrons. The average Bonchev–Trinajstić information content (AvgIpc) is 3.05. The first kappa shape index (κ1) is 17.8. The fourth-order valence-corrected chi connectivity index (χ4v) is 4.61. The third-order valence-corrected chi connectivity index (χ3v) is 6.18. The maximum atomic E-state index is 12.2. The summed E-state index contributed by atoms with van der Waals surface area (Å²) >= 11 is 2.99. The van der Waals surface area contributed by atoms with Gasteiger partial charge in [0.1, 0.15) is 10.7 Å². The zero-order valence-electron chi connectivity index (χ0n) is 14.6. The van der Waals surface area contributed by atoms with Crippen LogP contribution in [0.15, 0.2) is 4.79 Å². The number of thiophene rings is 1. The van der Waals surface area contributed by atoms with Crippen LogP contribution in [0.4, 0.5) is 5.13 Å². The minimum Gasteiger partial charge on any atom is -0.310 e. The van der Waals surface area contributed by atoms with Gasteiger partial charge < -0.3 is 10.3 Å². The molecule has 0 unspecified atom stereocenters. The summed E-state index contributed by atoms with van der Waals surface area (Å²) in [4.78, 5) is 39.0. The zero-order chi connectivity index (χ0) is 18.1. The van der Waals surface area contributed by atoms with E-state index in [9.17, 15) is 9.59 Å². The number of thiazole rings is 1. The Morgan fingerprint density at radius 1 is 1.16 bits per heavy atom. The lowest BCUT2D eigenvalue weighted by atomic mass is 10.2. The molecular formula is C17H20N4O2S2. The normalized spacial score (nSPS) is 11.2. The number of aromatic amines is 1. The van der Waals surface area contributed by atoms with Gasteiger partial charge in [-0.15, -0.1) is 22.7 Å². The van der Waals surface area contributed by atoms with Gasteiger partial charge in [-0.25, -0.2) is 9.97 Å². The summed E-state index contributed by atoms with van der Waals surface area (Å²) in [5.41, 5.74) is 1.86. The minimum atomic E-state index is -0.134. The van der Waals surface area contributed by atoms with Crippen molar-refractivity contribution >= 4 is 43.9 Å². The molecule has 0 saturated heterocycles. The Kier molecular flexibility index (Phi) is 5.01. The van der Waals surface area contributed by atoms with Crippen molar-refractivity contribution in [1.82, 2.24) is 15.0 Å². The van der Waals surface area contributed by atoms with Crippen molar-refractivity contribution in [2.75, 3.05) is 5.32 Å². The molecule has 6 nitrogen and oxygen atoms in total. The van der Waals surface area contributed by atoms with Crippen molar-refractivity contribution in [2.45, 2.75) is 47.0 Å². The van der Waals surface area contributed by atoms with Gasteiger partial charge in [0.25, 0.3) is 5.56 Å². The van der Waals surface area contributed by atoms with E-state index >= 15 is 0 Å². The quantitative estimate of drug-likeness (QED) is 0.713. The number of aromatic nitrogens is 3. The number of nitrogens with one attached hydrogen (secondary N) is 2. The number of rotatable bonds is 5. The van der Waals surface area contributed by atoms with E-state index in [4.69, 9.17) is 0 Å². The first-order valence-electron chi connectivity index (χ1n) is 8.14. The molecule has 25 heavy (non-hydrogen) atoms. The molecule has 0 aliphatic rings. The number of aryl methyl sites for hydroxylation is 5. The van der Waals surface area contributed by atoms with Gasteiger partial charge in [-0.2, -0.15) is 0 Å². The molecule has 3 rings (SSSR count). The van der Waals surface area contributed by atoms with E-state index in [0.29, 0.717) is 22.8 Å². The highest BCUT2D eigenvalue weighted by Gasteiger charge is 2.13. The minimum absolute atomic E-state index is 0.127. The fourth-order valence-electron chi connectivity index (χ4n) is 2.64. The fraction of sp³-hybridized carbons (Fsp3) is 0.412. The number of carbonyl (C=O) groups excluding carboxylic acids is 1. The highest BCUT2D eigenvalue weighted by Crippen LogP contribution is 2.26. The Balaban J connectivity index is 1.69. The Hall–Kier alpha value is -2.06. The second kappa shape index (κ2) is 7.05. The second-order valence-corrected chi connectivity index (χ2v) is 8.31. The Labute approximate surface area is 153 Å². The van der Waals surface area contributed by atoms with Crippen molar-refractivity contribution < 1.29 is 4.79 Å². The number of fused-ring (bicyclic) bond motifs is 1. The summed E-state index contributed by atoms with van der Waals surface area (Å²) in [7, 11) is 0. The van der Waals surface area contributed by atoms with Crippen molar-refractivity contribution in [3.63, 3.8) is 0 Å². The number of hydrogen-bond acceptors (Lipinski definition) is 6. The van der Waals surface area contributed by atoms with Gasteiger partial charge in [-0.05, 0) is 32.8 Å². The number of carbonyl (C=O) groups is 1. The monoisotopic (exact) mass is 376 g/mol. The third-order valence-electron chi connectivity index (χ3n) is 4.15. The molecule has 0 spiro atoms. The Morgan fingerprint density at radius 2 is 1.92 bits per heavy atom. The van der Waals surface area contributed by atoms with Crippen LogP contribution in [-0.4, -0.2) is 20.9 Å². The van der Waals surface area contributed by atoms with Crippen LogP contribution in [0.3, 0.4) is 0 Å². The highest BCUT2D eigenvalue weighted by atomic mass is 32.1. The molecular weight excluding hydrogens is 356 g/mol. The molecule has 1 amide bonds. The van der Waals surface area contributed by atoms with Crippen LogP contribution >= 0.6 is 22.7 Å². The van der Waals surface area contributed by atoms with Gasteiger partial charge in [-0.1, -0.05) is 6.92 Å². The second-order valence-electron chi connectivity index (χ2n) is 5.90. The molecule has 0 bridgehead atoms. The van der Waals surface area contributed by atoms with E-state index < -0.39 is 0 Å². The third kappa shape index (κ3) is 3.64. The predicted octanol–water partition coefficient (Wildman–Crippen LogP) is 3.50. The van der Waals surface area contributed by atoms with E-state index in [-0.39, 0.29) is 17.9 Å². The molecule has 0 aliphatic carbocycles. The zero-order valence-corrected chi connectivity index (χ0v) is 16.3. The standard InChI is InChI=1S/C17H20N4O2S2/c1-5-11-10(4)25-17(18-11)21-13(22)7-6-12-19-15(23)14-8(2)9(3)24-16(14)20-12/h5-7H2,1-4H3,(H,18,21,22)(H,19,20,23). The van der Waals surface area contributed by atoms with E-state index in [1.54, 1.807) is 0 Å². The summed E-state index contributed by atoms with van der Waals surface area (Å²) in [5.74, 6) is 0.413. The molecule has 2 N–H and O–H groups in total. The lowest BCUT2D eigenvalue weighted by Crippen LogP contribution is -2.16. The van der Waals surface area contributed by atoms with Crippen molar-refractivity contribution in [2.24, 2.45) is 0 Å². The summed E-state index contributed by atoms with van der Waals surface area (Å²) in [6.07, 6.45) is 1.49. The summed E-state index contributed by atoms with van der Waals surface area (Å²) in [5, 5.41) is 4.10. The smallest absolute Gasteiger partial charge is 0.259 e. The molecule has 0 fully saturated rings. The number of H-pyrrole nitrogens is 1.